The largest absolute Gasteiger partial charge is 0.392 e. The third-order valence-electron chi connectivity index (χ3n) is 1.29. The summed E-state index contributed by atoms with van der Waals surface area (Å²) in [5.41, 5.74) is 0.493. The van der Waals surface area contributed by atoms with Gasteiger partial charge < -0.3 is 5.11 Å². The Labute approximate surface area is 76.9 Å². The van der Waals surface area contributed by atoms with E-state index in [1.165, 1.54) is 6.07 Å². The van der Waals surface area contributed by atoms with Gasteiger partial charge in [0.2, 0.25) is 0 Å². The highest BCUT2D eigenvalue weighted by Gasteiger charge is 2.07. The second-order valence-electron chi connectivity index (χ2n) is 1.99. The van der Waals surface area contributed by atoms with Gasteiger partial charge in [0.25, 0.3) is 0 Å². The molecule has 0 aromatic heterocycles. The molecule has 0 aliphatic heterocycles. The average Bonchev–Trinajstić information content (AvgIpc) is 2.01. The first-order valence-corrected chi connectivity index (χ1v) is 4.07. The zero-order chi connectivity index (χ0) is 8.43. The van der Waals surface area contributed by atoms with Crippen LogP contribution in [0.5, 0.6) is 0 Å². The fourth-order valence-corrected chi connectivity index (χ4v) is 1.43. The summed E-state index contributed by atoms with van der Waals surface area (Å²) in [6.45, 7) is -0.200. The van der Waals surface area contributed by atoms with Gasteiger partial charge >= 0.3 is 0 Å². The summed E-state index contributed by atoms with van der Waals surface area (Å²) in [5.74, 6) is -0.529. The van der Waals surface area contributed by atoms with E-state index in [-0.39, 0.29) is 16.1 Å². The molecule has 1 rings (SSSR count). The van der Waals surface area contributed by atoms with Gasteiger partial charge in [-0.1, -0.05) is 17.7 Å². The number of benzene rings is 1. The Bertz CT molecular complexity index is 277. The first-order chi connectivity index (χ1) is 5.16. The van der Waals surface area contributed by atoms with E-state index in [4.69, 9.17) is 16.7 Å². The van der Waals surface area contributed by atoms with Crippen LogP contribution in [0.4, 0.5) is 4.39 Å². The normalized spacial score (nSPS) is 10.2. The van der Waals surface area contributed by atoms with Crippen molar-refractivity contribution in [3.8, 4) is 0 Å². The van der Waals surface area contributed by atoms with Crippen LogP contribution in [0.1, 0.15) is 5.56 Å². The van der Waals surface area contributed by atoms with E-state index in [0.29, 0.717) is 5.56 Å². The van der Waals surface area contributed by atoms with Gasteiger partial charge in [0.05, 0.1) is 16.1 Å². The lowest BCUT2D eigenvalue weighted by Gasteiger charge is -2.02. The van der Waals surface area contributed by atoms with Gasteiger partial charge in [-0.2, -0.15) is 0 Å². The zero-order valence-corrected chi connectivity index (χ0v) is 7.78. The summed E-state index contributed by atoms with van der Waals surface area (Å²) in [4.78, 5) is 0. The maximum atomic E-state index is 12.9. The van der Waals surface area contributed by atoms with Crippen molar-refractivity contribution in [3.05, 3.63) is 33.0 Å². The minimum atomic E-state index is -0.529. The lowest BCUT2D eigenvalue weighted by Crippen LogP contribution is -1.89. The third kappa shape index (κ3) is 1.72. The Morgan fingerprint density at radius 2 is 2.18 bits per heavy atom. The Kier molecular flexibility index (Phi) is 2.87. The quantitative estimate of drug-likeness (QED) is 0.747. The highest BCUT2D eigenvalue weighted by molar-refractivity contribution is 9.10. The van der Waals surface area contributed by atoms with Crippen molar-refractivity contribution in [1.82, 2.24) is 0 Å². The fraction of sp³-hybridized carbons (Fsp3) is 0.143. The third-order valence-corrected chi connectivity index (χ3v) is 2.43. The molecule has 11 heavy (non-hydrogen) atoms. The number of rotatable bonds is 1. The first kappa shape index (κ1) is 8.97. The molecular weight excluding hydrogens is 234 g/mol. The van der Waals surface area contributed by atoms with E-state index < -0.39 is 5.82 Å². The van der Waals surface area contributed by atoms with Crippen LogP contribution in [0.15, 0.2) is 16.6 Å². The highest BCUT2D eigenvalue weighted by atomic mass is 79.9. The summed E-state index contributed by atoms with van der Waals surface area (Å²) < 4.78 is 13.1. The standard InChI is InChI=1S/C7H5BrClFO/c8-6-4(3-11)1-2-5(9)7(6)10/h1-2,11H,3H2. The number of hydrogen-bond acceptors (Lipinski definition) is 1. The van der Waals surface area contributed by atoms with Crippen LogP contribution >= 0.6 is 27.5 Å². The van der Waals surface area contributed by atoms with Gasteiger partial charge in [0.15, 0.2) is 5.82 Å². The molecule has 0 heterocycles. The summed E-state index contributed by atoms with van der Waals surface area (Å²) in [6.07, 6.45) is 0. The van der Waals surface area contributed by atoms with Gasteiger partial charge in [0.1, 0.15) is 0 Å². The number of halogens is 3. The Morgan fingerprint density at radius 3 is 2.73 bits per heavy atom. The topological polar surface area (TPSA) is 20.2 Å². The van der Waals surface area contributed by atoms with Crippen molar-refractivity contribution in [2.45, 2.75) is 6.61 Å². The van der Waals surface area contributed by atoms with Crippen LogP contribution in [0.2, 0.25) is 5.02 Å². The lowest BCUT2D eigenvalue weighted by atomic mass is 10.2. The summed E-state index contributed by atoms with van der Waals surface area (Å²) in [5, 5.41) is 8.74. The van der Waals surface area contributed by atoms with Gasteiger partial charge in [0, 0.05) is 0 Å². The van der Waals surface area contributed by atoms with Crippen LogP contribution in [-0.2, 0) is 6.61 Å². The SMILES string of the molecule is OCc1ccc(Cl)c(F)c1Br. The van der Waals surface area contributed by atoms with Crippen molar-refractivity contribution in [3.63, 3.8) is 0 Å². The maximum absolute atomic E-state index is 12.9. The predicted molar refractivity (Wildman–Crippen MR) is 45.0 cm³/mol. The summed E-state index contributed by atoms with van der Waals surface area (Å²) in [6, 6.07) is 2.97. The molecule has 0 aliphatic rings. The molecule has 1 N–H and O–H groups in total. The summed E-state index contributed by atoms with van der Waals surface area (Å²) in [7, 11) is 0. The predicted octanol–water partition coefficient (Wildman–Crippen LogP) is 2.73. The maximum Gasteiger partial charge on any atom is 0.156 e. The second-order valence-corrected chi connectivity index (χ2v) is 3.19. The number of aliphatic hydroxyl groups is 1. The van der Waals surface area contributed by atoms with Crippen LogP contribution in [0, 0.1) is 5.82 Å². The Morgan fingerprint density at radius 1 is 1.55 bits per heavy atom. The van der Waals surface area contributed by atoms with E-state index in [2.05, 4.69) is 15.9 Å². The molecule has 0 aliphatic carbocycles. The molecule has 0 fully saturated rings. The minimum Gasteiger partial charge on any atom is -0.392 e. The average molecular weight is 239 g/mol. The molecule has 4 heteroatoms. The molecule has 0 spiro atoms. The van der Waals surface area contributed by atoms with Gasteiger partial charge in [-0.05, 0) is 27.6 Å². The van der Waals surface area contributed by atoms with Crippen molar-refractivity contribution < 1.29 is 9.50 Å². The molecule has 0 unspecified atom stereocenters. The fourth-order valence-electron chi connectivity index (χ4n) is 0.688. The van der Waals surface area contributed by atoms with Crippen molar-refractivity contribution in [2.75, 3.05) is 0 Å². The van der Waals surface area contributed by atoms with Gasteiger partial charge in [-0.3, -0.25) is 0 Å². The molecule has 0 atom stereocenters. The molecular formula is C7H5BrClFO. The minimum absolute atomic E-state index is 0.0501. The molecule has 0 saturated heterocycles. The van der Waals surface area contributed by atoms with E-state index in [9.17, 15) is 4.39 Å². The van der Waals surface area contributed by atoms with Crippen LogP contribution in [0.3, 0.4) is 0 Å². The van der Waals surface area contributed by atoms with E-state index in [0.717, 1.165) is 0 Å². The number of hydrogen-bond donors (Lipinski definition) is 1. The second kappa shape index (κ2) is 3.52. The van der Waals surface area contributed by atoms with Crippen LogP contribution in [-0.4, -0.2) is 5.11 Å². The molecule has 0 amide bonds. The van der Waals surface area contributed by atoms with Crippen molar-refractivity contribution >= 4 is 27.5 Å². The molecule has 1 aromatic rings. The lowest BCUT2D eigenvalue weighted by molar-refractivity contribution is 0.280. The van der Waals surface area contributed by atoms with Crippen molar-refractivity contribution in [1.29, 1.82) is 0 Å². The van der Waals surface area contributed by atoms with E-state index in [1.54, 1.807) is 6.07 Å². The molecule has 1 nitrogen and oxygen atoms in total. The molecule has 1 aromatic carbocycles. The monoisotopic (exact) mass is 238 g/mol. The molecule has 0 bridgehead atoms. The smallest absolute Gasteiger partial charge is 0.156 e. The number of aliphatic hydroxyl groups excluding tert-OH is 1. The first-order valence-electron chi connectivity index (χ1n) is 2.90. The van der Waals surface area contributed by atoms with Gasteiger partial charge in [-0.25, -0.2) is 4.39 Å². The Hall–Kier alpha value is -0.120. The molecule has 60 valence electrons. The van der Waals surface area contributed by atoms with Gasteiger partial charge in [-0.15, -0.1) is 0 Å². The van der Waals surface area contributed by atoms with Crippen LogP contribution in [0.25, 0.3) is 0 Å². The highest BCUT2D eigenvalue weighted by Crippen LogP contribution is 2.26. The Balaban J connectivity index is 3.25. The van der Waals surface area contributed by atoms with Crippen LogP contribution < -0.4 is 0 Å². The van der Waals surface area contributed by atoms with E-state index in [1.807, 2.05) is 0 Å². The summed E-state index contributed by atoms with van der Waals surface area (Å²) >= 11 is 8.43. The molecule has 0 radical (unpaired) electrons. The van der Waals surface area contributed by atoms with Crippen molar-refractivity contribution in [2.24, 2.45) is 0 Å². The zero-order valence-electron chi connectivity index (χ0n) is 5.44. The van der Waals surface area contributed by atoms with E-state index >= 15 is 0 Å². The molecule has 0 saturated carbocycles.